The highest BCUT2D eigenvalue weighted by Gasteiger charge is 2.22. The van der Waals surface area contributed by atoms with E-state index in [1.807, 2.05) is 83.3 Å². The van der Waals surface area contributed by atoms with Crippen LogP contribution in [0.4, 0.5) is 11.4 Å². The molecule has 0 aliphatic rings. The molecule has 0 aromatic heterocycles. The molecule has 0 heterocycles. The van der Waals surface area contributed by atoms with Gasteiger partial charge in [-0.25, -0.2) is 0 Å². The molecule has 0 bridgehead atoms. The van der Waals surface area contributed by atoms with Crippen LogP contribution in [0.3, 0.4) is 0 Å². The van der Waals surface area contributed by atoms with Crippen LogP contribution in [0.1, 0.15) is 15.9 Å². The fourth-order valence-corrected chi connectivity index (χ4v) is 3.16. The number of anilines is 1. The quantitative estimate of drug-likeness (QED) is 0.306. The molecule has 3 aromatic rings. The van der Waals surface area contributed by atoms with Crippen LogP contribution in [0, 0.1) is 13.7 Å². The van der Waals surface area contributed by atoms with Crippen LogP contribution >= 0.6 is 22.6 Å². The van der Waals surface area contributed by atoms with Crippen molar-refractivity contribution in [2.24, 2.45) is 0 Å². The zero-order valence-electron chi connectivity index (χ0n) is 13.7. The molecule has 26 heavy (non-hydrogen) atoms. The standard InChI is InChI=1S/C20H15IN2O3/c21-19-12-11-17(23(25)26)13-18(19)20(24)22(16-9-5-2-6-10-16)14-15-7-3-1-4-8-15/h1-13H,14H2. The van der Waals surface area contributed by atoms with Gasteiger partial charge in [-0.2, -0.15) is 0 Å². The van der Waals surface area contributed by atoms with Gasteiger partial charge in [0.15, 0.2) is 0 Å². The minimum atomic E-state index is -0.489. The molecule has 0 spiro atoms. The second-order valence-electron chi connectivity index (χ2n) is 5.63. The van der Waals surface area contributed by atoms with E-state index >= 15 is 0 Å². The summed E-state index contributed by atoms with van der Waals surface area (Å²) in [6.07, 6.45) is 0. The zero-order valence-corrected chi connectivity index (χ0v) is 15.9. The Morgan fingerprint density at radius 3 is 2.19 bits per heavy atom. The monoisotopic (exact) mass is 458 g/mol. The molecule has 0 saturated carbocycles. The summed E-state index contributed by atoms with van der Waals surface area (Å²) in [6.45, 7) is 0.377. The van der Waals surface area contributed by atoms with Crippen molar-refractivity contribution in [3.63, 3.8) is 0 Å². The Kier molecular flexibility index (Phi) is 5.62. The minimum absolute atomic E-state index is 0.0958. The fraction of sp³-hybridized carbons (Fsp3) is 0.0500. The Morgan fingerprint density at radius 2 is 1.58 bits per heavy atom. The van der Waals surface area contributed by atoms with Crippen LogP contribution in [0.25, 0.3) is 0 Å². The van der Waals surface area contributed by atoms with E-state index in [1.54, 1.807) is 11.0 Å². The van der Waals surface area contributed by atoms with Crippen LogP contribution in [0.2, 0.25) is 0 Å². The van der Waals surface area contributed by atoms with Crippen molar-refractivity contribution in [3.05, 3.63) is 104 Å². The molecule has 0 aliphatic heterocycles. The van der Waals surface area contributed by atoms with Crippen molar-refractivity contribution >= 4 is 39.9 Å². The smallest absolute Gasteiger partial charge is 0.270 e. The first-order chi connectivity index (χ1) is 12.6. The van der Waals surface area contributed by atoms with E-state index in [1.165, 1.54) is 12.1 Å². The normalized spacial score (nSPS) is 10.3. The number of hydrogen-bond acceptors (Lipinski definition) is 3. The van der Waals surface area contributed by atoms with Crippen molar-refractivity contribution in [2.45, 2.75) is 6.54 Å². The van der Waals surface area contributed by atoms with Crippen LogP contribution in [-0.4, -0.2) is 10.8 Å². The van der Waals surface area contributed by atoms with Crippen LogP contribution in [0.15, 0.2) is 78.9 Å². The molecule has 0 atom stereocenters. The predicted molar refractivity (Wildman–Crippen MR) is 109 cm³/mol. The van der Waals surface area contributed by atoms with Crippen LogP contribution in [0.5, 0.6) is 0 Å². The van der Waals surface area contributed by atoms with Gasteiger partial charge in [-0.1, -0.05) is 48.5 Å². The summed E-state index contributed by atoms with van der Waals surface area (Å²) in [6, 6.07) is 23.3. The molecule has 1 amide bonds. The second kappa shape index (κ2) is 8.09. The van der Waals surface area contributed by atoms with E-state index in [0.717, 1.165) is 11.3 Å². The lowest BCUT2D eigenvalue weighted by Crippen LogP contribution is -2.31. The molecule has 5 nitrogen and oxygen atoms in total. The third-order valence-corrected chi connectivity index (χ3v) is 4.83. The average molecular weight is 458 g/mol. The number of para-hydroxylation sites is 1. The minimum Gasteiger partial charge on any atom is -0.304 e. The highest BCUT2D eigenvalue weighted by Crippen LogP contribution is 2.25. The molecular formula is C20H15IN2O3. The van der Waals surface area contributed by atoms with Gasteiger partial charge in [-0.05, 0) is 46.4 Å². The molecular weight excluding hydrogens is 443 g/mol. The van der Waals surface area contributed by atoms with E-state index in [-0.39, 0.29) is 11.6 Å². The third-order valence-electron chi connectivity index (χ3n) is 3.89. The Balaban J connectivity index is 2.03. The first-order valence-electron chi connectivity index (χ1n) is 7.91. The fourth-order valence-electron chi connectivity index (χ4n) is 2.59. The lowest BCUT2D eigenvalue weighted by molar-refractivity contribution is -0.384. The first-order valence-corrected chi connectivity index (χ1v) is 8.99. The molecule has 0 radical (unpaired) electrons. The maximum Gasteiger partial charge on any atom is 0.270 e. The summed E-state index contributed by atoms with van der Waals surface area (Å²) in [5, 5.41) is 11.1. The van der Waals surface area contributed by atoms with Gasteiger partial charge >= 0.3 is 0 Å². The van der Waals surface area contributed by atoms with E-state index in [2.05, 4.69) is 0 Å². The molecule has 0 aliphatic carbocycles. The SMILES string of the molecule is O=C(c1cc([N+](=O)[O-])ccc1I)N(Cc1ccccc1)c1ccccc1. The molecule has 3 aromatic carbocycles. The zero-order chi connectivity index (χ0) is 18.5. The van der Waals surface area contributed by atoms with Gasteiger partial charge in [-0.15, -0.1) is 0 Å². The van der Waals surface area contributed by atoms with Gasteiger partial charge in [0.1, 0.15) is 0 Å². The van der Waals surface area contributed by atoms with Crippen molar-refractivity contribution in [2.75, 3.05) is 4.90 Å². The number of non-ortho nitro benzene ring substituents is 1. The predicted octanol–water partition coefficient (Wildman–Crippen LogP) is 5.05. The summed E-state index contributed by atoms with van der Waals surface area (Å²) in [5.74, 6) is -0.270. The van der Waals surface area contributed by atoms with Crippen LogP contribution in [-0.2, 0) is 6.54 Å². The van der Waals surface area contributed by atoms with Gasteiger partial charge in [0, 0.05) is 21.4 Å². The van der Waals surface area contributed by atoms with Crippen molar-refractivity contribution < 1.29 is 9.72 Å². The number of amides is 1. The van der Waals surface area contributed by atoms with Crippen LogP contribution < -0.4 is 4.90 Å². The summed E-state index contributed by atoms with van der Waals surface area (Å²) in [5.41, 5.74) is 1.94. The number of nitro groups is 1. The number of benzene rings is 3. The topological polar surface area (TPSA) is 63.4 Å². The highest BCUT2D eigenvalue weighted by atomic mass is 127. The summed E-state index contributed by atoms with van der Waals surface area (Å²) in [7, 11) is 0. The first kappa shape index (κ1) is 18.1. The van der Waals surface area contributed by atoms with E-state index in [0.29, 0.717) is 15.7 Å². The molecule has 6 heteroatoms. The number of rotatable bonds is 5. The van der Waals surface area contributed by atoms with Gasteiger partial charge in [0.05, 0.1) is 17.0 Å². The lowest BCUT2D eigenvalue weighted by Gasteiger charge is -2.23. The van der Waals surface area contributed by atoms with E-state index in [9.17, 15) is 14.9 Å². The van der Waals surface area contributed by atoms with Gasteiger partial charge in [-0.3, -0.25) is 14.9 Å². The lowest BCUT2D eigenvalue weighted by atomic mass is 10.1. The van der Waals surface area contributed by atoms with Crippen molar-refractivity contribution in [1.29, 1.82) is 0 Å². The van der Waals surface area contributed by atoms with Gasteiger partial charge in [0.25, 0.3) is 11.6 Å². The maximum atomic E-state index is 13.2. The van der Waals surface area contributed by atoms with E-state index in [4.69, 9.17) is 0 Å². The number of halogens is 1. The number of carbonyl (C=O) groups is 1. The largest absolute Gasteiger partial charge is 0.304 e. The Bertz CT molecular complexity index is 930. The summed E-state index contributed by atoms with van der Waals surface area (Å²) in [4.78, 5) is 25.5. The number of carbonyl (C=O) groups excluding carboxylic acids is 1. The average Bonchev–Trinajstić information content (AvgIpc) is 2.67. The number of nitrogens with zero attached hydrogens (tertiary/aromatic N) is 2. The highest BCUT2D eigenvalue weighted by molar-refractivity contribution is 14.1. The molecule has 3 rings (SSSR count). The third kappa shape index (κ3) is 4.08. The summed E-state index contributed by atoms with van der Waals surface area (Å²) >= 11 is 2.03. The van der Waals surface area contributed by atoms with Gasteiger partial charge < -0.3 is 4.90 Å². The Morgan fingerprint density at radius 1 is 0.962 bits per heavy atom. The molecule has 0 N–H and O–H groups in total. The molecule has 0 fully saturated rings. The number of hydrogen-bond donors (Lipinski definition) is 0. The molecule has 130 valence electrons. The number of nitro benzene ring substituents is 1. The van der Waals surface area contributed by atoms with Crippen molar-refractivity contribution in [1.82, 2.24) is 0 Å². The molecule has 0 saturated heterocycles. The van der Waals surface area contributed by atoms with Gasteiger partial charge in [0.2, 0.25) is 0 Å². The summed E-state index contributed by atoms with van der Waals surface area (Å²) < 4.78 is 0.673. The Hall–Kier alpha value is -2.74. The molecule has 0 unspecified atom stereocenters. The van der Waals surface area contributed by atoms with Crippen molar-refractivity contribution in [3.8, 4) is 0 Å². The maximum absolute atomic E-state index is 13.2. The second-order valence-corrected chi connectivity index (χ2v) is 6.80. The van der Waals surface area contributed by atoms with E-state index < -0.39 is 4.92 Å². The Labute approximate surface area is 164 Å².